The molecule has 4 nitrogen and oxygen atoms in total. The van der Waals surface area contributed by atoms with Crippen LogP contribution in [0.2, 0.25) is 0 Å². The maximum Gasteiger partial charge on any atom is 0.417 e. The van der Waals surface area contributed by atoms with E-state index in [9.17, 15) is 18.0 Å². The highest BCUT2D eigenvalue weighted by Gasteiger charge is 2.34. The van der Waals surface area contributed by atoms with Crippen molar-refractivity contribution < 1.29 is 18.0 Å². The standard InChI is InChI=1S/C23H18F3N3O/c24-23(25,26)18-9-5-4-8-17(18)22(30)27-16-11-12-19-20(14-16)29-21(28-19)13-10-15-6-2-1-3-7-15/h1-9,11-12,14H,10,13H2,(H,27,30)(H,28,29). The molecule has 0 radical (unpaired) electrons. The first-order valence-electron chi connectivity index (χ1n) is 9.40. The van der Waals surface area contributed by atoms with E-state index in [4.69, 9.17) is 0 Å². The molecule has 0 spiro atoms. The maximum atomic E-state index is 13.2. The molecule has 7 heteroatoms. The van der Waals surface area contributed by atoms with Gasteiger partial charge in [0.2, 0.25) is 0 Å². The van der Waals surface area contributed by atoms with Crippen molar-refractivity contribution >= 4 is 22.6 Å². The van der Waals surface area contributed by atoms with Gasteiger partial charge < -0.3 is 10.3 Å². The number of alkyl halides is 3. The predicted octanol–water partition coefficient (Wildman–Crippen LogP) is 5.62. The van der Waals surface area contributed by atoms with Crippen LogP contribution in [0.25, 0.3) is 11.0 Å². The molecule has 1 aromatic heterocycles. The Morgan fingerprint density at radius 2 is 1.67 bits per heavy atom. The topological polar surface area (TPSA) is 57.8 Å². The number of aromatic nitrogens is 2. The van der Waals surface area contributed by atoms with E-state index in [0.717, 1.165) is 36.3 Å². The number of nitrogens with zero attached hydrogens (tertiary/aromatic N) is 1. The Kier molecular flexibility index (Phi) is 5.27. The molecule has 0 unspecified atom stereocenters. The second-order valence-electron chi connectivity index (χ2n) is 6.90. The summed E-state index contributed by atoms with van der Waals surface area (Å²) >= 11 is 0. The fraction of sp³-hybridized carbons (Fsp3) is 0.130. The molecule has 0 saturated carbocycles. The first kappa shape index (κ1) is 19.7. The van der Waals surface area contributed by atoms with Crippen molar-refractivity contribution in [3.63, 3.8) is 0 Å². The number of fused-ring (bicyclic) bond motifs is 1. The minimum atomic E-state index is -4.60. The van der Waals surface area contributed by atoms with Gasteiger partial charge in [0.1, 0.15) is 5.82 Å². The highest BCUT2D eigenvalue weighted by molar-refractivity contribution is 6.06. The SMILES string of the molecule is O=C(Nc1ccc2nc(CCc3ccccc3)[nH]c2c1)c1ccccc1C(F)(F)F. The summed E-state index contributed by atoms with van der Waals surface area (Å²) in [4.78, 5) is 20.2. The lowest BCUT2D eigenvalue weighted by Crippen LogP contribution is -2.18. The summed E-state index contributed by atoms with van der Waals surface area (Å²) in [6, 6.07) is 19.8. The fourth-order valence-electron chi connectivity index (χ4n) is 3.29. The number of aryl methyl sites for hydroxylation is 2. The van der Waals surface area contributed by atoms with E-state index in [-0.39, 0.29) is 0 Å². The lowest BCUT2D eigenvalue weighted by atomic mass is 10.1. The Hall–Kier alpha value is -3.61. The summed E-state index contributed by atoms with van der Waals surface area (Å²) in [7, 11) is 0. The van der Waals surface area contributed by atoms with Crippen LogP contribution in [0, 0.1) is 0 Å². The highest BCUT2D eigenvalue weighted by Crippen LogP contribution is 2.32. The molecule has 2 N–H and O–H groups in total. The van der Waals surface area contributed by atoms with Crippen LogP contribution in [-0.4, -0.2) is 15.9 Å². The summed E-state index contributed by atoms with van der Waals surface area (Å²) in [5.74, 6) is -0.00848. The molecule has 0 aliphatic carbocycles. The number of aromatic amines is 1. The van der Waals surface area contributed by atoms with E-state index in [0.29, 0.717) is 11.2 Å². The summed E-state index contributed by atoms with van der Waals surface area (Å²) in [5.41, 5.74) is 1.65. The first-order valence-corrected chi connectivity index (χ1v) is 9.40. The van der Waals surface area contributed by atoms with Gasteiger partial charge in [-0.15, -0.1) is 0 Å². The van der Waals surface area contributed by atoms with Crippen LogP contribution in [0.3, 0.4) is 0 Å². The number of imidazole rings is 1. The number of nitrogens with one attached hydrogen (secondary N) is 2. The third-order valence-electron chi connectivity index (χ3n) is 4.76. The molecule has 4 aromatic rings. The van der Waals surface area contributed by atoms with Gasteiger partial charge in [-0.25, -0.2) is 4.98 Å². The second kappa shape index (κ2) is 8.02. The Balaban J connectivity index is 1.51. The Morgan fingerprint density at radius 3 is 2.43 bits per heavy atom. The molecular weight excluding hydrogens is 391 g/mol. The van der Waals surface area contributed by atoms with Crippen molar-refractivity contribution in [1.29, 1.82) is 0 Å². The lowest BCUT2D eigenvalue weighted by molar-refractivity contribution is -0.137. The molecule has 0 aliphatic rings. The molecule has 0 aliphatic heterocycles. The molecule has 152 valence electrons. The summed E-state index contributed by atoms with van der Waals surface area (Å²) in [6.07, 6.45) is -3.05. The Labute approximate surface area is 170 Å². The average molecular weight is 409 g/mol. The molecule has 0 atom stereocenters. The number of hydrogen-bond acceptors (Lipinski definition) is 2. The average Bonchev–Trinajstić information content (AvgIpc) is 3.14. The van der Waals surface area contributed by atoms with Crippen LogP contribution in [0.15, 0.2) is 72.8 Å². The largest absolute Gasteiger partial charge is 0.417 e. The van der Waals surface area contributed by atoms with Gasteiger partial charge in [0.05, 0.1) is 22.2 Å². The minimum Gasteiger partial charge on any atom is -0.342 e. The Bertz CT molecular complexity index is 1180. The number of halogens is 3. The lowest BCUT2D eigenvalue weighted by Gasteiger charge is -2.12. The highest BCUT2D eigenvalue weighted by atomic mass is 19.4. The molecule has 4 rings (SSSR count). The molecule has 3 aromatic carbocycles. The van der Waals surface area contributed by atoms with Gasteiger partial charge in [0, 0.05) is 12.1 Å². The van der Waals surface area contributed by atoms with E-state index in [2.05, 4.69) is 27.4 Å². The number of benzene rings is 3. The number of amides is 1. The van der Waals surface area contributed by atoms with E-state index < -0.39 is 23.2 Å². The number of rotatable bonds is 5. The van der Waals surface area contributed by atoms with E-state index >= 15 is 0 Å². The number of carbonyl (C=O) groups is 1. The van der Waals surface area contributed by atoms with Gasteiger partial charge in [0.25, 0.3) is 5.91 Å². The molecular formula is C23H18F3N3O. The van der Waals surface area contributed by atoms with Crippen LogP contribution < -0.4 is 5.32 Å². The number of hydrogen-bond donors (Lipinski definition) is 2. The first-order chi connectivity index (χ1) is 14.4. The van der Waals surface area contributed by atoms with Crippen molar-refractivity contribution in [2.24, 2.45) is 0 Å². The molecule has 1 amide bonds. The van der Waals surface area contributed by atoms with Crippen LogP contribution in [-0.2, 0) is 19.0 Å². The quantitative estimate of drug-likeness (QED) is 0.450. The van der Waals surface area contributed by atoms with Crippen molar-refractivity contribution in [1.82, 2.24) is 9.97 Å². The van der Waals surface area contributed by atoms with Crippen molar-refractivity contribution in [3.8, 4) is 0 Å². The van der Waals surface area contributed by atoms with E-state index in [1.165, 1.54) is 17.7 Å². The van der Waals surface area contributed by atoms with Gasteiger partial charge in [0.15, 0.2) is 0 Å². The third kappa shape index (κ3) is 4.35. The molecule has 0 fully saturated rings. The van der Waals surface area contributed by atoms with Crippen LogP contribution in [0.4, 0.5) is 18.9 Å². The number of H-pyrrole nitrogens is 1. The molecule has 0 bridgehead atoms. The van der Waals surface area contributed by atoms with Crippen LogP contribution >= 0.6 is 0 Å². The second-order valence-corrected chi connectivity index (χ2v) is 6.90. The zero-order valence-corrected chi connectivity index (χ0v) is 15.8. The smallest absolute Gasteiger partial charge is 0.342 e. The summed E-state index contributed by atoms with van der Waals surface area (Å²) in [6.45, 7) is 0. The third-order valence-corrected chi connectivity index (χ3v) is 4.76. The van der Waals surface area contributed by atoms with E-state index in [1.54, 1.807) is 18.2 Å². The minimum absolute atomic E-state index is 0.391. The summed E-state index contributed by atoms with van der Waals surface area (Å²) < 4.78 is 39.5. The molecule has 1 heterocycles. The van der Waals surface area contributed by atoms with Gasteiger partial charge >= 0.3 is 6.18 Å². The maximum absolute atomic E-state index is 13.2. The van der Waals surface area contributed by atoms with Gasteiger partial charge in [-0.05, 0) is 42.3 Å². The monoisotopic (exact) mass is 409 g/mol. The van der Waals surface area contributed by atoms with Gasteiger partial charge in [-0.2, -0.15) is 13.2 Å². The number of anilines is 1. The van der Waals surface area contributed by atoms with Crippen LogP contribution in [0.1, 0.15) is 27.3 Å². The normalized spacial score (nSPS) is 11.6. The molecule has 0 saturated heterocycles. The van der Waals surface area contributed by atoms with Crippen molar-refractivity contribution in [2.45, 2.75) is 19.0 Å². The van der Waals surface area contributed by atoms with Crippen LogP contribution in [0.5, 0.6) is 0 Å². The van der Waals surface area contributed by atoms with Gasteiger partial charge in [-0.3, -0.25) is 4.79 Å². The van der Waals surface area contributed by atoms with E-state index in [1.807, 2.05) is 18.2 Å². The molecule has 30 heavy (non-hydrogen) atoms. The predicted molar refractivity (Wildman–Crippen MR) is 109 cm³/mol. The fourth-order valence-corrected chi connectivity index (χ4v) is 3.29. The zero-order chi connectivity index (χ0) is 21.1. The van der Waals surface area contributed by atoms with Gasteiger partial charge in [-0.1, -0.05) is 42.5 Å². The Morgan fingerprint density at radius 1 is 0.933 bits per heavy atom. The zero-order valence-electron chi connectivity index (χ0n) is 15.8. The summed E-state index contributed by atoms with van der Waals surface area (Å²) in [5, 5.41) is 2.54. The van der Waals surface area contributed by atoms with Crippen molar-refractivity contribution in [3.05, 3.63) is 95.3 Å². The van der Waals surface area contributed by atoms with Crippen molar-refractivity contribution in [2.75, 3.05) is 5.32 Å². The number of carbonyl (C=O) groups excluding carboxylic acids is 1.